The Morgan fingerprint density at radius 1 is 0.787 bits per heavy atom. The number of azo groups is 1. The van der Waals surface area contributed by atoms with Gasteiger partial charge in [-0.2, -0.15) is 10.4 Å². The van der Waals surface area contributed by atoms with E-state index in [0.717, 1.165) is 28.2 Å². The molecule has 2 N–H and O–H groups in total. The van der Waals surface area contributed by atoms with Crippen LogP contribution in [0.1, 0.15) is 36.2 Å². The number of carbonyl (C=O) groups excluding carboxylic acids is 2. The Bertz CT molecular complexity index is 1990. The maximum Gasteiger partial charge on any atom is 0.221 e. The molecule has 0 aliphatic heterocycles. The summed E-state index contributed by atoms with van der Waals surface area (Å²) in [5, 5.41) is 29.2. The van der Waals surface area contributed by atoms with Gasteiger partial charge in [0, 0.05) is 36.6 Å². The second-order valence-electron chi connectivity index (χ2n) is 10.9. The molecule has 5 aromatic rings. The minimum absolute atomic E-state index is 0.0832. The number of aromatic nitrogens is 2. The summed E-state index contributed by atoms with van der Waals surface area (Å²) in [6, 6.07) is 26.9. The quantitative estimate of drug-likeness (QED) is 0.160. The first-order chi connectivity index (χ1) is 22.4. The van der Waals surface area contributed by atoms with Crippen molar-refractivity contribution in [3.8, 4) is 11.8 Å². The van der Waals surface area contributed by atoms with Gasteiger partial charge in [-0.15, -0.1) is 10.2 Å². The second-order valence-corrected chi connectivity index (χ2v) is 11.7. The highest BCUT2D eigenvalue weighted by atomic mass is 35.5. The molecule has 0 unspecified atom stereocenters. The Morgan fingerprint density at radius 3 is 1.83 bits per heavy atom. The van der Waals surface area contributed by atoms with Crippen molar-refractivity contribution in [1.29, 1.82) is 5.26 Å². The lowest BCUT2D eigenvalue weighted by Gasteiger charge is -2.26. The lowest BCUT2D eigenvalue weighted by atomic mass is 10.1. The third-order valence-corrected chi connectivity index (χ3v) is 7.66. The number of amides is 2. The molecule has 0 bridgehead atoms. The van der Waals surface area contributed by atoms with Crippen LogP contribution in [-0.4, -0.2) is 21.6 Å². The van der Waals surface area contributed by atoms with Crippen LogP contribution in [0.25, 0.3) is 5.69 Å². The first-order valence-corrected chi connectivity index (χ1v) is 15.2. The van der Waals surface area contributed by atoms with Gasteiger partial charge in [0.2, 0.25) is 11.8 Å². The molecule has 4 aromatic carbocycles. The van der Waals surface area contributed by atoms with Crippen LogP contribution >= 0.6 is 23.2 Å². The number of aryl methyl sites for hydroxylation is 3. The highest BCUT2D eigenvalue weighted by molar-refractivity contribution is 6.38. The Balaban J connectivity index is 1.61. The van der Waals surface area contributed by atoms with Crippen LogP contribution in [0.15, 0.2) is 89.1 Å². The molecule has 0 aliphatic rings. The third-order valence-electron chi connectivity index (χ3n) is 7.08. The molecule has 0 atom stereocenters. The standard InChI is InChI=1S/C35H30Cl2N8O2/c1-20-6-10-26(11-7-20)44(27-12-8-21(2)9-13-27)28-14-15-32(33(18-28)40-24(5)47)41-42-35-29(19-38)22(3)43-45(35)34-30(36)16-25(17-31(34)37)39-23(4)46/h6-18H,1-5H3,(H,39,46)(H,40,47). The van der Waals surface area contributed by atoms with E-state index in [-0.39, 0.29) is 38.9 Å². The summed E-state index contributed by atoms with van der Waals surface area (Å²) in [6.45, 7) is 8.50. The van der Waals surface area contributed by atoms with E-state index in [1.54, 1.807) is 13.0 Å². The van der Waals surface area contributed by atoms with Crippen LogP contribution in [-0.2, 0) is 9.59 Å². The Morgan fingerprint density at radius 2 is 1.32 bits per heavy atom. The van der Waals surface area contributed by atoms with Crippen molar-refractivity contribution in [3.05, 3.63) is 111 Å². The number of nitriles is 1. The molecule has 236 valence electrons. The molecule has 12 heteroatoms. The molecule has 0 radical (unpaired) electrons. The molecular weight excluding hydrogens is 635 g/mol. The summed E-state index contributed by atoms with van der Waals surface area (Å²) in [5.41, 5.74) is 6.83. The zero-order valence-electron chi connectivity index (χ0n) is 26.3. The number of hydrogen-bond donors (Lipinski definition) is 2. The van der Waals surface area contributed by atoms with E-state index in [4.69, 9.17) is 23.2 Å². The van der Waals surface area contributed by atoms with Gasteiger partial charge in [0.05, 0.1) is 21.4 Å². The van der Waals surface area contributed by atoms with Crippen molar-refractivity contribution >= 4 is 75.0 Å². The fourth-order valence-corrected chi connectivity index (χ4v) is 5.56. The summed E-state index contributed by atoms with van der Waals surface area (Å²) >= 11 is 13.2. The Hall–Kier alpha value is -5.50. The number of nitrogens with zero attached hydrogens (tertiary/aromatic N) is 6. The van der Waals surface area contributed by atoms with Gasteiger partial charge in [-0.3, -0.25) is 9.59 Å². The molecule has 0 fully saturated rings. The van der Waals surface area contributed by atoms with Gasteiger partial charge in [-0.1, -0.05) is 58.6 Å². The predicted molar refractivity (Wildman–Crippen MR) is 186 cm³/mol. The van der Waals surface area contributed by atoms with Crippen LogP contribution in [0.5, 0.6) is 0 Å². The van der Waals surface area contributed by atoms with Crippen LogP contribution in [0.3, 0.4) is 0 Å². The van der Waals surface area contributed by atoms with Crippen molar-refractivity contribution in [1.82, 2.24) is 9.78 Å². The number of carbonyl (C=O) groups is 2. The number of benzene rings is 4. The Labute approximate surface area is 282 Å². The second kappa shape index (κ2) is 13.9. The van der Waals surface area contributed by atoms with Gasteiger partial charge in [0.25, 0.3) is 0 Å². The summed E-state index contributed by atoms with van der Waals surface area (Å²) in [4.78, 5) is 26.0. The zero-order valence-corrected chi connectivity index (χ0v) is 27.8. The molecular formula is C35H30Cl2N8O2. The van der Waals surface area contributed by atoms with E-state index < -0.39 is 0 Å². The van der Waals surface area contributed by atoms with Crippen LogP contribution in [0.2, 0.25) is 10.0 Å². The van der Waals surface area contributed by atoms with Crippen molar-refractivity contribution in [2.45, 2.75) is 34.6 Å². The van der Waals surface area contributed by atoms with E-state index in [1.807, 2.05) is 74.5 Å². The van der Waals surface area contributed by atoms with Crippen LogP contribution in [0, 0.1) is 32.1 Å². The molecule has 0 aliphatic carbocycles. The number of rotatable bonds is 8. The van der Waals surface area contributed by atoms with Crippen molar-refractivity contribution < 1.29 is 9.59 Å². The fraction of sp³-hybridized carbons (Fsp3) is 0.143. The lowest BCUT2D eigenvalue weighted by molar-refractivity contribution is -0.115. The van der Waals surface area contributed by atoms with E-state index in [2.05, 4.69) is 36.9 Å². The van der Waals surface area contributed by atoms with Gasteiger partial charge < -0.3 is 15.5 Å². The van der Waals surface area contributed by atoms with E-state index in [1.165, 1.54) is 30.7 Å². The van der Waals surface area contributed by atoms with Gasteiger partial charge in [-0.25, -0.2) is 4.68 Å². The zero-order chi connectivity index (χ0) is 33.8. The van der Waals surface area contributed by atoms with Gasteiger partial charge in [-0.05, 0) is 75.4 Å². The monoisotopic (exact) mass is 664 g/mol. The number of nitrogens with one attached hydrogen (secondary N) is 2. The molecule has 47 heavy (non-hydrogen) atoms. The first-order valence-electron chi connectivity index (χ1n) is 14.5. The maximum atomic E-state index is 12.3. The minimum Gasteiger partial charge on any atom is -0.326 e. The third kappa shape index (κ3) is 7.33. The average Bonchev–Trinajstić information content (AvgIpc) is 3.32. The predicted octanol–water partition coefficient (Wildman–Crippen LogP) is 9.78. The molecule has 1 heterocycles. The molecule has 0 spiro atoms. The summed E-state index contributed by atoms with van der Waals surface area (Å²) in [5.74, 6) is -0.505. The van der Waals surface area contributed by atoms with E-state index in [0.29, 0.717) is 22.8 Å². The topological polar surface area (TPSA) is 128 Å². The van der Waals surface area contributed by atoms with Gasteiger partial charge in [0.1, 0.15) is 23.0 Å². The molecule has 10 nitrogen and oxygen atoms in total. The van der Waals surface area contributed by atoms with Crippen LogP contribution in [0.4, 0.5) is 39.9 Å². The normalized spacial score (nSPS) is 10.9. The van der Waals surface area contributed by atoms with Crippen LogP contribution < -0.4 is 15.5 Å². The average molecular weight is 666 g/mol. The Kier molecular flexibility index (Phi) is 9.70. The largest absolute Gasteiger partial charge is 0.326 e. The minimum atomic E-state index is -0.299. The highest BCUT2D eigenvalue weighted by Crippen LogP contribution is 2.41. The van der Waals surface area contributed by atoms with Crippen molar-refractivity contribution in [2.24, 2.45) is 10.2 Å². The summed E-state index contributed by atoms with van der Waals surface area (Å²) in [6.07, 6.45) is 0. The fourth-order valence-electron chi connectivity index (χ4n) is 4.91. The lowest BCUT2D eigenvalue weighted by Crippen LogP contribution is -2.11. The summed E-state index contributed by atoms with van der Waals surface area (Å²) in [7, 11) is 0. The SMILES string of the molecule is CC(=O)Nc1cc(Cl)c(-n2nc(C)c(C#N)c2N=Nc2ccc(N(c3ccc(C)cc3)c3ccc(C)cc3)cc2NC(C)=O)c(Cl)c1. The molecule has 0 saturated heterocycles. The van der Waals surface area contributed by atoms with Gasteiger partial charge in [0.15, 0.2) is 5.82 Å². The van der Waals surface area contributed by atoms with Crippen molar-refractivity contribution in [3.63, 3.8) is 0 Å². The highest BCUT2D eigenvalue weighted by Gasteiger charge is 2.22. The van der Waals surface area contributed by atoms with E-state index >= 15 is 0 Å². The maximum absolute atomic E-state index is 12.3. The number of anilines is 5. The van der Waals surface area contributed by atoms with Gasteiger partial charge >= 0.3 is 0 Å². The molecule has 5 rings (SSSR count). The van der Waals surface area contributed by atoms with Crippen molar-refractivity contribution in [2.75, 3.05) is 15.5 Å². The number of halogens is 2. The molecule has 1 aromatic heterocycles. The molecule has 2 amide bonds. The number of hydrogen-bond acceptors (Lipinski definition) is 7. The first kappa shape index (κ1) is 32.9. The molecule has 0 saturated carbocycles. The smallest absolute Gasteiger partial charge is 0.221 e. The summed E-state index contributed by atoms with van der Waals surface area (Å²) < 4.78 is 1.34. The van der Waals surface area contributed by atoms with E-state index in [9.17, 15) is 14.9 Å².